The van der Waals surface area contributed by atoms with Gasteiger partial charge in [0.1, 0.15) is 24.6 Å². The Balaban J connectivity index is 2.46. The highest BCUT2D eigenvalue weighted by Crippen LogP contribution is 2.19. The van der Waals surface area contributed by atoms with Crippen molar-refractivity contribution >= 4 is 11.6 Å². The number of anilines is 2. The molecular weight excluding hydrogens is 242 g/mol. The molecular formula is C11H18F2N4O. The Labute approximate surface area is 105 Å². The van der Waals surface area contributed by atoms with E-state index in [-0.39, 0.29) is 6.61 Å². The van der Waals surface area contributed by atoms with E-state index in [1.807, 2.05) is 6.92 Å². The van der Waals surface area contributed by atoms with E-state index in [4.69, 9.17) is 4.74 Å². The summed E-state index contributed by atoms with van der Waals surface area (Å²) in [6.07, 6.45) is -0.198. The number of aromatic nitrogens is 2. The van der Waals surface area contributed by atoms with Gasteiger partial charge in [-0.25, -0.2) is 18.7 Å². The molecule has 0 atom stereocenters. The summed E-state index contributed by atoms with van der Waals surface area (Å²) in [5, 5.41) is 6.03. The lowest BCUT2D eigenvalue weighted by atomic mass is 10.2. The Bertz CT molecular complexity index is 363. The highest BCUT2D eigenvalue weighted by Gasteiger charge is 2.08. The van der Waals surface area contributed by atoms with Crippen molar-refractivity contribution in [2.75, 3.05) is 37.4 Å². The number of halogens is 2. The number of hydrogen-bond acceptors (Lipinski definition) is 5. The van der Waals surface area contributed by atoms with Crippen LogP contribution in [-0.4, -0.2) is 43.2 Å². The summed E-state index contributed by atoms with van der Waals surface area (Å²) in [5.74, 6) is 1.47. The van der Waals surface area contributed by atoms with Crippen molar-refractivity contribution in [2.24, 2.45) is 0 Å². The van der Waals surface area contributed by atoms with Crippen LogP contribution in [0.4, 0.5) is 20.4 Å². The minimum absolute atomic E-state index is 0.215. The van der Waals surface area contributed by atoms with Crippen LogP contribution in [0, 0.1) is 0 Å². The molecule has 0 bridgehead atoms. The number of hydrogen-bond donors (Lipinski definition) is 2. The second-order valence-electron chi connectivity index (χ2n) is 3.55. The fourth-order valence-corrected chi connectivity index (χ4v) is 1.53. The minimum Gasteiger partial charge on any atom is -0.374 e. The van der Waals surface area contributed by atoms with Crippen LogP contribution in [0.25, 0.3) is 0 Å². The van der Waals surface area contributed by atoms with Gasteiger partial charge in [0.15, 0.2) is 0 Å². The molecule has 1 rings (SSSR count). The summed E-state index contributed by atoms with van der Waals surface area (Å²) in [4.78, 5) is 8.23. The SMILES string of the molecule is CCc1c(NC)ncnc1NCCOCC(F)F. The van der Waals surface area contributed by atoms with Gasteiger partial charge in [-0.2, -0.15) is 0 Å². The number of nitrogens with one attached hydrogen (secondary N) is 2. The average Bonchev–Trinajstić information content (AvgIpc) is 2.37. The summed E-state index contributed by atoms with van der Waals surface area (Å²) in [6, 6.07) is 0. The molecule has 18 heavy (non-hydrogen) atoms. The summed E-state index contributed by atoms with van der Waals surface area (Å²) in [7, 11) is 1.79. The lowest BCUT2D eigenvalue weighted by molar-refractivity contribution is 0.0214. The van der Waals surface area contributed by atoms with E-state index in [9.17, 15) is 8.78 Å². The molecule has 0 aliphatic heterocycles. The molecule has 0 saturated heterocycles. The van der Waals surface area contributed by atoms with E-state index in [0.717, 1.165) is 17.8 Å². The standard InChI is InChI=1S/C11H18F2N4O/c1-3-8-10(14-2)16-7-17-11(8)15-4-5-18-6-9(12)13/h7,9H,3-6H2,1-2H3,(H2,14,15,16,17). The quantitative estimate of drug-likeness (QED) is 0.698. The number of alkyl halides is 2. The van der Waals surface area contributed by atoms with Gasteiger partial charge in [-0.3, -0.25) is 0 Å². The molecule has 1 aromatic rings. The van der Waals surface area contributed by atoms with Crippen LogP contribution < -0.4 is 10.6 Å². The van der Waals surface area contributed by atoms with E-state index < -0.39 is 13.0 Å². The second-order valence-corrected chi connectivity index (χ2v) is 3.55. The fraction of sp³-hybridized carbons (Fsp3) is 0.636. The first-order valence-electron chi connectivity index (χ1n) is 5.80. The summed E-state index contributed by atoms with van der Waals surface area (Å²) < 4.78 is 28.4. The van der Waals surface area contributed by atoms with Crippen LogP contribution in [0.15, 0.2) is 6.33 Å². The lowest BCUT2D eigenvalue weighted by Crippen LogP contribution is -2.15. The maximum atomic E-state index is 11.8. The molecule has 0 saturated carbocycles. The van der Waals surface area contributed by atoms with Crippen molar-refractivity contribution < 1.29 is 13.5 Å². The topological polar surface area (TPSA) is 59.1 Å². The van der Waals surface area contributed by atoms with Crippen molar-refractivity contribution in [3.63, 3.8) is 0 Å². The monoisotopic (exact) mass is 260 g/mol. The van der Waals surface area contributed by atoms with Gasteiger partial charge in [0.05, 0.1) is 6.61 Å². The molecule has 102 valence electrons. The third kappa shape index (κ3) is 4.40. The average molecular weight is 260 g/mol. The van der Waals surface area contributed by atoms with E-state index in [0.29, 0.717) is 12.4 Å². The summed E-state index contributed by atoms with van der Waals surface area (Å²) in [5.41, 5.74) is 0.967. The van der Waals surface area contributed by atoms with Crippen LogP contribution in [0.2, 0.25) is 0 Å². The molecule has 7 heteroatoms. The predicted molar refractivity (Wildman–Crippen MR) is 66.3 cm³/mol. The third-order valence-electron chi connectivity index (χ3n) is 2.32. The van der Waals surface area contributed by atoms with Crippen molar-refractivity contribution in [3.05, 3.63) is 11.9 Å². The van der Waals surface area contributed by atoms with E-state index in [2.05, 4.69) is 20.6 Å². The molecule has 0 amide bonds. The van der Waals surface area contributed by atoms with E-state index in [1.54, 1.807) is 7.05 Å². The highest BCUT2D eigenvalue weighted by atomic mass is 19.3. The Morgan fingerprint density at radius 1 is 1.33 bits per heavy atom. The van der Waals surface area contributed by atoms with Crippen LogP contribution in [0.1, 0.15) is 12.5 Å². The Morgan fingerprint density at radius 3 is 2.67 bits per heavy atom. The zero-order chi connectivity index (χ0) is 13.4. The molecule has 0 radical (unpaired) electrons. The number of nitrogens with zero attached hydrogens (tertiary/aromatic N) is 2. The first-order chi connectivity index (χ1) is 8.69. The van der Waals surface area contributed by atoms with Crippen LogP contribution >= 0.6 is 0 Å². The van der Waals surface area contributed by atoms with Crippen LogP contribution in [0.5, 0.6) is 0 Å². The lowest BCUT2D eigenvalue weighted by Gasteiger charge is -2.12. The van der Waals surface area contributed by atoms with Gasteiger partial charge >= 0.3 is 0 Å². The van der Waals surface area contributed by atoms with Gasteiger partial charge in [0.2, 0.25) is 0 Å². The number of ether oxygens (including phenoxy) is 1. The van der Waals surface area contributed by atoms with Crippen molar-refractivity contribution in [3.8, 4) is 0 Å². The predicted octanol–water partition coefficient (Wildman–Crippen LogP) is 1.77. The van der Waals surface area contributed by atoms with Gasteiger partial charge in [-0.15, -0.1) is 0 Å². The molecule has 0 aromatic carbocycles. The van der Waals surface area contributed by atoms with Crippen molar-refractivity contribution in [2.45, 2.75) is 19.8 Å². The third-order valence-corrected chi connectivity index (χ3v) is 2.32. The van der Waals surface area contributed by atoms with Gasteiger partial charge in [-0.05, 0) is 6.42 Å². The maximum absolute atomic E-state index is 11.8. The largest absolute Gasteiger partial charge is 0.374 e. The molecule has 0 spiro atoms. The van der Waals surface area contributed by atoms with E-state index >= 15 is 0 Å². The van der Waals surface area contributed by atoms with Gasteiger partial charge < -0.3 is 15.4 Å². The number of rotatable bonds is 8. The Kier molecular flexibility index (Phi) is 6.27. The fourth-order valence-electron chi connectivity index (χ4n) is 1.53. The smallest absolute Gasteiger partial charge is 0.261 e. The second kappa shape index (κ2) is 7.75. The highest BCUT2D eigenvalue weighted by molar-refractivity contribution is 5.56. The molecule has 0 unspecified atom stereocenters. The van der Waals surface area contributed by atoms with Crippen LogP contribution in [-0.2, 0) is 11.2 Å². The normalized spacial score (nSPS) is 10.7. The van der Waals surface area contributed by atoms with Crippen LogP contribution in [0.3, 0.4) is 0 Å². The first-order valence-corrected chi connectivity index (χ1v) is 5.80. The van der Waals surface area contributed by atoms with Gasteiger partial charge in [-0.1, -0.05) is 6.92 Å². The van der Waals surface area contributed by atoms with Gasteiger partial charge in [0.25, 0.3) is 6.43 Å². The molecule has 0 fully saturated rings. The molecule has 0 aliphatic carbocycles. The summed E-state index contributed by atoms with van der Waals surface area (Å²) in [6.45, 7) is 2.11. The Hall–Kier alpha value is -1.50. The van der Waals surface area contributed by atoms with Crippen molar-refractivity contribution in [1.82, 2.24) is 9.97 Å². The van der Waals surface area contributed by atoms with Crippen molar-refractivity contribution in [1.29, 1.82) is 0 Å². The zero-order valence-electron chi connectivity index (χ0n) is 10.5. The first kappa shape index (κ1) is 14.6. The molecule has 0 aliphatic rings. The van der Waals surface area contributed by atoms with E-state index in [1.165, 1.54) is 6.33 Å². The Morgan fingerprint density at radius 2 is 2.06 bits per heavy atom. The molecule has 1 aromatic heterocycles. The minimum atomic E-state index is -2.42. The maximum Gasteiger partial charge on any atom is 0.261 e. The molecule has 2 N–H and O–H groups in total. The molecule has 5 nitrogen and oxygen atoms in total. The summed E-state index contributed by atoms with van der Waals surface area (Å²) >= 11 is 0. The zero-order valence-corrected chi connectivity index (χ0v) is 10.5. The molecule has 1 heterocycles. The van der Waals surface area contributed by atoms with Gasteiger partial charge in [0, 0.05) is 19.2 Å².